The van der Waals surface area contributed by atoms with Gasteiger partial charge in [-0.2, -0.15) is 0 Å². The number of primary amides is 1. The lowest BCUT2D eigenvalue weighted by atomic mass is 10.2. The van der Waals surface area contributed by atoms with Gasteiger partial charge in [-0.3, -0.25) is 9.78 Å². The van der Waals surface area contributed by atoms with Crippen LogP contribution in [0.1, 0.15) is 22.3 Å². The van der Waals surface area contributed by atoms with E-state index >= 15 is 0 Å². The van der Waals surface area contributed by atoms with Gasteiger partial charge in [-0.1, -0.05) is 6.07 Å². The highest BCUT2D eigenvalue weighted by Crippen LogP contribution is 2.23. The molecule has 0 aliphatic rings. The molecule has 0 saturated heterocycles. The number of nitrogens with two attached hydrogens (primary N) is 2. The van der Waals surface area contributed by atoms with Crippen LogP contribution in [0, 0.1) is 0 Å². The zero-order valence-corrected chi connectivity index (χ0v) is 13.1. The molecule has 0 aliphatic heterocycles. The van der Waals surface area contributed by atoms with Crippen molar-refractivity contribution in [2.24, 2.45) is 5.73 Å². The molecule has 1 amide bonds. The number of anilines is 2. The number of amides is 1. The Balaban J connectivity index is 1.88. The first kappa shape index (κ1) is 16.3. The molecule has 25 heavy (non-hydrogen) atoms. The van der Waals surface area contributed by atoms with E-state index in [9.17, 15) is 9.90 Å². The van der Waals surface area contributed by atoms with Gasteiger partial charge in [0.2, 0.25) is 5.91 Å². The van der Waals surface area contributed by atoms with Crippen LogP contribution in [-0.4, -0.2) is 26.0 Å². The number of rotatable bonds is 5. The Labute approximate surface area is 143 Å². The topological polar surface area (TPSA) is 140 Å². The summed E-state index contributed by atoms with van der Waals surface area (Å²) in [5, 5.41) is 13.3. The second-order valence-corrected chi connectivity index (χ2v) is 5.26. The Morgan fingerprint density at radius 2 is 2.04 bits per heavy atom. The molecule has 126 valence electrons. The van der Waals surface area contributed by atoms with Crippen molar-refractivity contribution in [3.63, 3.8) is 0 Å². The zero-order valence-electron chi connectivity index (χ0n) is 13.1. The highest BCUT2D eigenvalue weighted by molar-refractivity contribution is 5.93. The van der Waals surface area contributed by atoms with E-state index in [0.717, 1.165) is 5.56 Å². The van der Waals surface area contributed by atoms with E-state index < -0.39 is 12.1 Å². The molecule has 8 nitrogen and oxygen atoms in total. The number of nitrogen functional groups attached to an aromatic ring is 1. The number of aliphatic hydroxyl groups excluding tert-OH is 1. The molecule has 0 bridgehead atoms. The van der Waals surface area contributed by atoms with Crippen molar-refractivity contribution >= 4 is 17.4 Å². The van der Waals surface area contributed by atoms with Crippen LogP contribution in [0.2, 0.25) is 0 Å². The molecule has 0 saturated carbocycles. The summed E-state index contributed by atoms with van der Waals surface area (Å²) in [5.74, 6) is -0.463. The van der Waals surface area contributed by atoms with Gasteiger partial charge in [0.05, 0.1) is 11.9 Å². The number of aromatic nitrogens is 3. The standard InChI is InChI=1S/C17H16N6O2/c18-15-14(23-13(9-21-15)11-4-2-6-20-8-11)17(25)22-12-5-1-3-10(7-12)16(19)24/h1-9,17,22,25H,(H2,18,21)(H2,19,24). The maximum Gasteiger partial charge on any atom is 0.248 e. The third-order valence-corrected chi connectivity index (χ3v) is 3.50. The molecule has 2 heterocycles. The van der Waals surface area contributed by atoms with Crippen LogP contribution in [0.4, 0.5) is 11.5 Å². The first-order chi connectivity index (χ1) is 12.0. The molecule has 6 N–H and O–H groups in total. The summed E-state index contributed by atoms with van der Waals surface area (Å²) >= 11 is 0. The van der Waals surface area contributed by atoms with Gasteiger partial charge >= 0.3 is 0 Å². The molecule has 0 aliphatic carbocycles. The Morgan fingerprint density at radius 1 is 1.20 bits per heavy atom. The molecule has 0 radical (unpaired) electrons. The summed E-state index contributed by atoms with van der Waals surface area (Å²) in [6.07, 6.45) is 3.58. The molecule has 3 rings (SSSR count). The average molecular weight is 336 g/mol. The van der Waals surface area contributed by atoms with Crippen molar-refractivity contribution in [3.8, 4) is 11.3 Å². The molecule has 1 atom stereocenters. The van der Waals surface area contributed by atoms with Crippen molar-refractivity contribution < 1.29 is 9.90 Å². The molecular weight excluding hydrogens is 320 g/mol. The minimum Gasteiger partial charge on any atom is -0.382 e. The highest BCUT2D eigenvalue weighted by atomic mass is 16.3. The van der Waals surface area contributed by atoms with Crippen LogP contribution in [-0.2, 0) is 0 Å². The Bertz CT molecular complexity index is 901. The van der Waals surface area contributed by atoms with Crippen molar-refractivity contribution in [1.29, 1.82) is 0 Å². The fraction of sp³-hybridized carbons (Fsp3) is 0.0588. The minimum atomic E-state index is -1.22. The van der Waals surface area contributed by atoms with Crippen LogP contribution in [0.15, 0.2) is 55.0 Å². The van der Waals surface area contributed by atoms with E-state index in [0.29, 0.717) is 16.9 Å². The molecular formula is C17H16N6O2. The van der Waals surface area contributed by atoms with Gasteiger partial charge in [0.1, 0.15) is 11.5 Å². The number of hydrogen-bond acceptors (Lipinski definition) is 7. The molecule has 3 aromatic rings. The molecule has 1 unspecified atom stereocenters. The van der Waals surface area contributed by atoms with E-state index in [-0.39, 0.29) is 11.5 Å². The van der Waals surface area contributed by atoms with Crippen molar-refractivity contribution in [3.05, 3.63) is 66.2 Å². The predicted octanol–water partition coefficient (Wildman–Crippen LogP) is 1.32. The van der Waals surface area contributed by atoms with Crippen LogP contribution < -0.4 is 16.8 Å². The van der Waals surface area contributed by atoms with Crippen LogP contribution >= 0.6 is 0 Å². The van der Waals surface area contributed by atoms with E-state index in [4.69, 9.17) is 11.5 Å². The van der Waals surface area contributed by atoms with E-state index in [1.54, 1.807) is 36.7 Å². The number of pyridine rings is 1. The lowest BCUT2D eigenvalue weighted by molar-refractivity contribution is 0.1000. The van der Waals surface area contributed by atoms with Gasteiger partial charge in [-0.05, 0) is 30.3 Å². The number of hydrogen-bond donors (Lipinski definition) is 4. The van der Waals surface area contributed by atoms with Gasteiger partial charge in [0.15, 0.2) is 6.23 Å². The van der Waals surface area contributed by atoms with E-state index in [1.807, 2.05) is 6.07 Å². The molecule has 0 fully saturated rings. The summed E-state index contributed by atoms with van der Waals surface area (Å²) in [5.41, 5.74) is 13.4. The largest absolute Gasteiger partial charge is 0.382 e. The highest BCUT2D eigenvalue weighted by Gasteiger charge is 2.16. The molecule has 1 aromatic carbocycles. The summed E-state index contributed by atoms with van der Waals surface area (Å²) in [4.78, 5) is 23.7. The number of nitrogens with one attached hydrogen (secondary N) is 1. The minimum absolute atomic E-state index is 0.0960. The summed E-state index contributed by atoms with van der Waals surface area (Å²) in [6.45, 7) is 0. The number of aliphatic hydroxyl groups is 1. The van der Waals surface area contributed by atoms with Crippen LogP contribution in [0.3, 0.4) is 0 Å². The Morgan fingerprint density at radius 3 is 2.76 bits per heavy atom. The normalized spacial score (nSPS) is 11.7. The second kappa shape index (κ2) is 6.93. The van der Waals surface area contributed by atoms with Gasteiger partial charge in [-0.15, -0.1) is 0 Å². The quantitative estimate of drug-likeness (QED) is 0.515. The molecule has 8 heteroatoms. The smallest absolute Gasteiger partial charge is 0.248 e. The molecule has 0 spiro atoms. The fourth-order valence-corrected chi connectivity index (χ4v) is 2.26. The van der Waals surface area contributed by atoms with Gasteiger partial charge in [-0.25, -0.2) is 9.97 Å². The van der Waals surface area contributed by atoms with E-state index in [2.05, 4.69) is 20.3 Å². The lowest BCUT2D eigenvalue weighted by Gasteiger charge is -2.16. The summed E-state index contributed by atoms with van der Waals surface area (Å²) < 4.78 is 0. The molecule has 2 aromatic heterocycles. The first-order valence-corrected chi connectivity index (χ1v) is 7.42. The maximum absolute atomic E-state index is 11.2. The number of carbonyl (C=O) groups is 1. The van der Waals surface area contributed by atoms with Crippen LogP contribution in [0.25, 0.3) is 11.3 Å². The van der Waals surface area contributed by atoms with Crippen molar-refractivity contribution in [2.75, 3.05) is 11.1 Å². The van der Waals surface area contributed by atoms with Crippen molar-refractivity contribution in [2.45, 2.75) is 6.23 Å². The zero-order chi connectivity index (χ0) is 17.8. The van der Waals surface area contributed by atoms with E-state index in [1.165, 1.54) is 12.3 Å². The maximum atomic E-state index is 11.2. The Kier molecular flexibility index (Phi) is 4.53. The SMILES string of the molecule is NC(=O)c1cccc(NC(O)c2nc(-c3cccnc3)cnc2N)c1. The number of carbonyl (C=O) groups excluding carboxylic acids is 1. The number of benzene rings is 1. The lowest BCUT2D eigenvalue weighted by Crippen LogP contribution is -2.16. The van der Waals surface area contributed by atoms with Crippen LogP contribution in [0.5, 0.6) is 0 Å². The summed E-state index contributed by atoms with van der Waals surface area (Å²) in [6, 6.07) is 10.0. The first-order valence-electron chi connectivity index (χ1n) is 7.42. The average Bonchev–Trinajstić information content (AvgIpc) is 2.63. The van der Waals surface area contributed by atoms with Gasteiger partial charge in [0.25, 0.3) is 0 Å². The van der Waals surface area contributed by atoms with Crippen molar-refractivity contribution in [1.82, 2.24) is 15.0 Å². The van der Waals surface area contributed by atoms with Gasteiger partial charge < -0.3 is 21.9 Å². The monoisotopic (exact) mass is 336 g/mol. The third kappa shape index (κ3) is 3.70. The Hall–Kier alpha value is -3.52. The fourth-order valence-electron chi connectivity index (χ4n) is 2.26. The third-order valence-electron chi connectivity index (χ3n) is 3.50. The second-order valence-electron chi connectivity index (χ2n) is 5.26. The summed E-state index contributed by atoms with van der Waals surface area (Å²) in [7, 11) is 0. The predicted molar refractivity (Wildman–Crippen MR) is 93.2 cm³/mol. The van der Waals surface area contributed by atoms with Gasteiger partial charge in [0, 0.05) is 29.2 Å². The number of nitrogens with zero attached hydrogens (tertiary/aromatic N) is 3.